The highest BCUT2D eigenvalue weighted by Gasteiger charge is 2.36. The number of nitrogens with one attached hydrogen (secondary N) is 3. The number of H-pyrrole nitrogens is 1. The Bertz CT molecular complexity index is 1260. The van der Waals surface area contributed by atoms with Crippen LogP contribution in [-0.2, 0) is 20.8 Å². The molecule has 2 aromatic rings. The van der Waals surface area contributed by atoms with Crippen LogP contribution >= 0.6 is 0 Å². The molecule has 2 heterocycles. The zero-order valence-electron chi connectivity index (χ0n) is 21.4. The van der Waals surface area contributed by atoms with Gasteiger partial charge in [0.15, 0.2) is 5.82 Å². The molecule has 0 aromatic carbocycles. The predicted molar refractivity (Wildman–Crippen MR) is 131 cm³/mol. The summed E-state index contributed by atoms with van der Waals surface area (Å²) in [6.07, 6.45) is 3.30. The van der Waals surface area contributed by atoms with Crippen molar-refractivity contribution in [3.05, 3.63) is 27.6 Å². The number of amides is 2. The Morgan fingerprint density at radius 1 is 1.28 bits per heavy atom. The number of hydrogen-bond donors (Lipinski definition) is 4. The Kier molecular flexibility index (Phi) is 7.75. The minimum atomic E-state index is -0.816. The number of rotatable bonds is 8. The van der Waals surface area contributed by atoms with Gasteiger partial charge in [0.25, 0.3) is 5.91 Å². The minimum absolute atomic E-state index is 0.000552. The lowest BCUT2D eigenvalue weighted by molar-refractivity contribution is -0.686. The van der Waals surface area contributed by atoms with E-state index < -0.39 is 40.6 Å². The Morgan fingerprint density at radius 3 is 2.50 bits per heavy atom. The largest absolute Gasteiger partial charge is 0.477 e. The first-order chi connectivity index (χ1) is 16.8. The van der Waals surface area contributed by atoms with E-state index in [1.807, 2.05) is 13.8 Å². The lowest BCUT2D eigenvalue weighted by atomic mass is 10.2. The van der Waals surface area contributed by atoms with E-state index in [0.29, 0.717) is 0 Å². The number of fused-ring (bicyclic) bond motifs is 1. The van der Waals surface area contributed by atoms with Gasteiger partial charge in [0.05, 0.1) is 13.2 Å². The highest BCUT2D eigenvalue weighted by molar-refractivity contribution is 5.97. The van der Waals surface area contributed by atoms with Crippen molar-refractivity contribution in [2.75, 3.05) is 11.9 Å². The van der Waals surface area contributed by atoms with Crippen molar-refractivity contribution >= 4 is 35.5 Å². The van der Waals surface area contributed by atoms with Crippen LogP contribution in [0.15, 0.2) is 10.9 Å². The van der Waals surface area contributed by atoms with Crippen LogP contribution in [0.1, 0.15) is 70.3 Å². The summed E-state index contributed by atoms with van der Waals surface area (Å²) in [5, 5.41) is 19.2. The molecule has 4 N–H and O–H groups in total. The number of aromatic nitrogens is 3. The summed E-state index contributed by atoms with van der Waals surface area (Å²) in [5.74, 6) is -1.81. The van der Waals surface area contributed by atoms with Gasteiger partial charge in [-0.2, -0.15) is 4.57 Å². The van der Waals surface area contributed by atoms with Gasteiger partial charge in [-0.1, -0.05) is 18.4 Å². The zero-order chi connectivity index (χ0) is 26.8. The molecule has 196 valence electrons. The maximum atomic E-state index is 13.4. The van der Waals surface area contributed by atoms with Crippen molar-refractivity contribution in [1.82, 2.24) is 14.9 Å². The number of esters is 1. The maximum absolute atomic E-state index is 13.4. The quantitative estimate of drug-likeness (QED) is 0.244. The molecule has 1 saturated carbocycles. The van der Waals surface area contributed by atoms with Gasteiger partial charge in [0.2, 0.25) is 5.56 Å². The number of aromatic amines is 1. The molecule has 36 heavy (non-hydrogen) atoms. The number of carbonyl (C=O) groups excluding carboxylic acids is 3. The molecular formula is C24H34N5O7+. The number of anilines is 1. The molecular weight excluding hydrogens is 470 g/mol. The van der Waals surface area contributed by atoms with E-state index in [1.54, 1.807) is 27.7 Å². The van der Waals surface area contributed by atoms with Crippen LogP contribution in [-0.4, -0.2) is 50.9 Å². The first kappa shape index (κ1) is 26.8. The van der Waals surface area contributed by atoms with E-state index in [4.69, 9.17) is 9.47 Å². The SMILES string of the molecule is CCOC(=O)/C=C/c1c(NC(=O)OC(C)(C)C)[nH]n2c(=O)c(C(=O)NC3CC3)c(O)[n+](CC(C)C)c12. The molecule has 2 aromatic heterocycles. The second-order valence-electron chi connectivity index (χ2n) is 10.0. The molecule has 1 fully saturated rings. The van der Waals surface area contributed by atoms with E-state index >= 15 is 0 Å². The summed E-state index contributed by atoms with van der Waals surface area (Å²) < 4.78 is 12.7. The van der Waals surface area contributed by atoms with Crippen LogP contribution in [0.5, 0.6) is 5.88 Å². The van der Waals surface area contributed by atoms with Crippen LogP contribution < -0.4 is 20.8 Å². The summed E-state index contributed by atoms with van der Waals surface area (Å²) in [6.45, 7) is 10.9. The second kappa shape index (κ2) is 10.4. The van der Waals surface area contributed by atoms with Gasteiger partial charge in [0.1, 0.15) is 11.2 Å². The van der Waals surface area contributed by atoms with Crippen molar-refractivity contribution in [2.24, 2.45) is 5.92 Å². The van der Waals surface area contributed by atoms with E-state index in [1.165, 1.54) is 10.6 Å². The van der Waals surface area contributed by atoms with Crippen molar-refractivity contribution in [2.45, 2.75) is 72.6 Å². The van der Waals surface area contributed by atoms with Gasteiger partial charge in [-0.05, 0) is 52.5 Å². The lowest BCUT2D eigenvalue weighted by Gasteiger charge is -2.19. The predicted octanol–water partition coefficient (Wildman–Crippen LogP) is 2.09. The van der Waals surface area contributed by atoms with Crippen molar-refractivity contribution in [3.63, 3.8) is 0 Å². The third-order valence-corrected chi connectivity index (χ3v) is 5.08. The molecule has 0 saturated heterocycles. The van der Waals surface area contributed by atoms with Gasteiger partial charge in [-0.25, -0.2) is 19.5 Å². The van der Waals surface area contributed by atoms with E-state index in [0.717, 1.165) is 23.4 Å². The third-order valence-electron chi connectivity index (χ3n) is 5.08. The molecule has 1 aliphatic rings. The first-order valence-electron chi connectivity index (χ1n) is 11.9. The summed E-state index contributed by atoms with van der Waals surface area (Å²) in [4.78, 5) is 50.8. The molecule has 3 rings (SSSR count). The van der Waals surface area contributed by atoms with E-state index in [9.17, 15) is 24.3 Å². The van der Waals surface area contributed by atoms with Crippen molar-refractivity contribution < 1.29 is 33.5 Å². The summed E-state index contributed by atoms with van der Waals surface area (Å²) in [6, 6.07) is -0.0355. The normalized spacial score (nSPS) is 13.9. The maximum Gasteiger partial charge on any atom is 0.413 e. The zero-order valence-corrected chi connectivity index (χ0v) is 21.4. The van der Waals surface area contributed by atoms with Crippen molar-refractivity contribution in [3.8, 4) is 5.88 Å². The Morgan fingerprint density at radius 2 is 1.94 bits per heavy atom. The molecule has 12 heteroatoms. The fraction of sp³-hybridized carbons (Fsp3) is 0.542. The Balaban J connectivity index is 2.26. The fourth-order valence-electron chi connectivity index (χ4n) is 3.54. The van der Waals surface area contributed by atoms with Crippen molar-refractivity contribution in [1.29, 1.82) is 0 Å². The Labute approximate surface area is 208 Å². The molecule has 0 aliphatic heterocycles. The van der Waals surface area contributed by atoms with Crippen LogP contribution in [0.4, 0.5) is 10.6 Å². The smallest absolute Gasteiger partial charge is 0.413 e. The molecule has 0 atom stereocenters. The Hall–Kier alpha value is -3.83. The lowest BCUT2D eigenvalue weighted by Crippen LogP contribution is -2.46. The number of aromatic hydroxyl groups is 1. The highest BCUT2D eigenvalue weighted by atomic mass is 16.6. The van der Waals surface area contributed by atoms with Crippen LogP contribution in [0.3, 0.4) is 0 Å². The van der Waals surface area contributed by atoms with Gasteiger partial charge < -0.3 is 19.9 Å². The average Bonchev–Trinajstić information content (AvgIpc) is 3.48. The molecule has 0 unspecified atom stereocenters. The summed E-state index contributed by atoms with van der Waals surface area (Å²) in [7, 11) is 0. The number of ether oxygens (including phenoxy) is 2. The van der Waals surface area contributed by atoms with Gasteiger partial charge >= 0.3 is 29.1 Å². The minimum Gasteiger partial charge on any atom is -0.477 e. The molecule has 0 bridgehead atoms. The van der Waals surface area contributed by atoms with Crippen LogP contribution in [0.2, 0.25) is 0 Å². The van der Waals surface area contributed by atoms with Crippen LogP contribution in [0.25, 0.3) is 11.7 Å². The van der Waals surface area contributed by atoms with Crippen LogP contribution in [0, 0.1) is 5.92 Å². The monoisotopic (exact) mass is 504 g/mol. The fourth-order valence-corrected chi connectivity index (χ4v) is 3.54. The summed E-state index contributed by atoms with van der Waals surface area (Å²) in [5.41, 5.74) is -1.69. The third kappa shape index (κ3) is 6.23. The van der Waals surface area contributed by atoms with Gasteiger partial charge in [0, 0.05) is 12.1 Å². The highest BCUT2D eigenvalue weighted by Crippen LogP contribution is 2.24. The van der Waals surface area contributed by atoms with E-state index in [-0.39, 0.29) is 42.1 Å². The number of hydrogen-bond acceptors (Lipinski definition) is 7. The van der Waals surface area contributed by atoms with Gasteiger partial charge in [-0.3, -0.25) is 10.1 Å². The van der Waals surface area contributed by atoms with Gasteiger partial charge in [-0.15, -0.1) is 0 Å². The first-order valence-corrected chi connectivity index (χ1v) is 11.9. The molecule has 1 aliphatic carbocycles. The van der Waals surface area contributed by atoms with E-state index in [2.05, 4.69) is 15.7 Å². The summed E-state index contributed by atoms with van der Waals surface area (Å²) >= 11 is 0. The second-order valence-corrected chi connectivity index (χ2v) is 10.0. The number of nitrogens with zero attached hydrogens (tertiary/aromatic N) is 2. The number of carbonyl (C=O) groups is 3. The molecule has 2 amide bonds. The standard InChI is InChI=1S/C24H33N5O7/c1-7-35-16(30)11-10-15-18(26-23(34)36-24(4,5)6)27-29-20(15)28(12-13(2)3)21(32)17(22(29)33)19(31)25-14-8-9-14/h10-11,13-14H,7-9,12H2,1-6H3,(H3,25,26,27,31,32,33,34)/p+1/b11-10+. The average molecular weight is 505 g/mol. The molecule has 12 nitrogen and oxygen atoms in total. The molecule has 0 radical (unpaired) electrons. The topological polar surface area (TPSA) is 155 Å². The molecule has 0 spiro atoms.